The molecule has 4 aromatic rings. The molecule has 156 valence electrons. The van der Waals surface area contributed by atoms with Gasteiger partial charge in [-0.05, 0) is 23.1 Å². The molecule has 0 aliphatic heterocycles. The van der Waals surface area contributed by atoms with Gasteiger partial charge in [0.2, 0.25) is 5.91 Å². The number of rotatable bonds is 3. The number of anilines is 1. The fourth-order valence-electron chi connectivity index (χ4n) is 3.30. The lowest BCUT2D eigenvalue weighted by atomic mass is 9.87. The number of fused-ring (bicyclic) bond motifs is 2. The quantitative estimate of drug-likeness (QED) is 0.520. The largest absolute Gasteiger partial charge is 0.332 e. The van der Waals surface area contributed by atoms with E-state index in [2.05, 4.69) is 47.3 Å². The molecular weight excluding hydrogens is 404 g/mol. The summed E-state index contributed by atoms with van der Waals surface area (Å²) in [7, 11) is 2.93. The molecule has 1 amide bonds. The lowest BCUT2D eigenvalue weighted by Crippen LogP contribution is -2.37. The van der Waals surface area contributed by atoms with Crippen molar-refractivity contribution >= 4 is 43.6 Å². The SMILES string of the molecule is Cn1c(=O)c2c(CC(=O)Nc3nc4ccc(C(C)(C)C)cc4s3)[nH]nc2n(C)c1=O. The molecular formula is C20H22N6O3S. The van der Waals surface area contributed by atoms with Crippen LogP contribution in [0.1, 0.15) is 32.0 Å². The topological polar surface area (TPSA) is 115 Å². The van der Waals surface area contributed by atoms with Crippen molar-refractivity contribution in [1.29, 1.82) is 0 Å². The number of carbonyl (C=O) groups is 1. The summed E-state index contributed by atoms with van der Waals surface area (Å²) >= 11 is 1.40. The Morgan fingerprint density at radius 3 is 2.63 bits per heavy atom. The monoisotopic (exact) mass is 426 g/mol. The van der Waals surface area contributed by atoms with Crippen molar-refractivity contribution < 1.29 is 4.79 Å². The van der Waals surface area contributed by atoms with Crippen molar-refractivity contribution in [1.82, 2.24) is 24.3 Å². The van der Waals surface area contributed by atoms with Crippen LogP contribution >= 0.6 is 11.3 Å². The molecule has 0 bridgehead atoms. The maximum Gasteiger partial charge on any atom is 0.332 e. The fraction of sp³-hybridized carbons (Fsp3) is 0.350. The molecule has 3 heterocycles. The molecule has 0 spiro atoms. The van der Waals surface area contributed by atoms with Crippen LogP contribution in [0, 0.1) is 0 Å². The molecule has 3 aromatic heterocycles. The third-order valence-electron chi connectivity index (χ3n) is 5.07. The molecule has 0 unspecified atom stereocenters. The number of hydrogen-bond donors (Lipinski definition) is 2. The van der Waals surface area contributed by atoms with E-state index in [1.165, 1.54) is 35.6 Å². The van der Waals surface area contributed by atoms with Crippen molar-refractivity contribution in [2.75, 3.05) is 5.32 Å². The van der Waals surface area contributed by atoms with Crippen LogP contribution in [0.4, 0.5) is 5.13 Å². The summed E-state index contributed by atoms with van der Waals surface area (Å²) in [5.41, 5.74) is 1.66. The maximum absolute atomic E-state index is 12.6. The molecule has 0 saturated heterocycles. The highest BCUT2D eigenvalue weighted by molar-refractivity contribution is 7.22. The van der Waals surface area contributed by atoms with E-state index in [0.717, 1.165) is 14.8 Å². The number of thiazole rings is 1. The van der Waals surface area contributed by atoms with Gasteiger partial charge in [0.15, 0.2) is 10.8 Å². The summed E-state index contributed by atoms with van der Waals surface area (Å²) in [6.07, 6.45) is -0.0902. The van der Waals surface area contributed by atoms with Crippen molar-refractivity contribution in [3.8, 4) is 0 Å². The molecule has 0 atom stereocenters. The average Bonchev–Trinajstić information content (AvgIpc) is 3.26. The first-order valence-corrected chi connectivity index (χ1v) is 10.2. The van der Waals surface area contributed by atoms with Gasteiger partial charge in [0.1, 0.15) is 5.39 Å². The van der Waals surface area contributed by atoms with Gasteiger partial charge in [-0.15, -0.1) is 0 Å². The molecule has 0 aliphatic rings. The smallest absolute Gasteiger partial charge is 0.302 e. The number of carbonyl (C=O) groups excluding carboxylic acids is 1. The molecule has 2 N–H and O–H groups in total. The number of H-pyrrole nitrogens is 1. The third kappa shape index (κ3) is 3.32. The number of hydrogen-bond acceptors (Lipinski definition) is 6. The number of nitrogens with zero attached hydrogens (tertiary/aromatic N) is 4. The summed E-state index contributed by atoms with van der Waals surface area (Å²) < 4.78 is 3.27. The molecule has 0 saturated carbocycles. The molecule has 10 heteroatoms. The normalized spacial score (nSPS) is 12.0. The Bertz CT molecular complexity index is 1420. The van der Waals surface area contributed by atoms with Crippen LogP contribution in [-0.4, -0.2) is 30.2 Å². The predicted molar refractivity (Wildman–Crippen MR) is 117 cm³/mol. The van der Waals surface area contributed by atoms with Gasteiger partial charge in [-0.1, -0.05) is 38.2 Å². The van der Waals surface area contributed by atoms with Gasteiger partial charge in [0.05, 0.1) is 22.3 Å². The van der Waals surface area contributed by atoms with Crippen molar-refractivity contribution in [3.05, 3.63) is 50.3 Å². The maximum atomic E-state index is 12.6. The van der Waals surface area contributed by atoms with E-state index in [1.54, 1.807) is 0 Å². The van der Waals surface area contributed by atoms with Crippen LogP contribution < -0.4 is 16.6 Å². The Morgan fingerprint density at radius 1 is 1.20 bits per heavy atom. The third-order valence-corrected chi connectivity index (χ3v) is 6.00. The molecule has 1 aromatic carbocycles. The lowest BCUT2D eigenvalue weighted by Gasteiger charge is -2.18. The van der Waals surface area contributed by atoms with Gasteiger partial charge in [-0.2, -0.15) is 5.10 Å². The van der Waals surface area contributed by atoms with Gasteiger partial charge in [0, 0.05) is 14.1 Å². The molecule has 4 rings (SSSR count). The van der Waals surface area contributed by atoms with Crippen LogP contribution in [0.5, 0.6) is 0 Å². The number of amides is 1. The second kappa shape index (κ2) is 6.91. The van der Waals surface area contributed by atoms with E-state index in [4.69, 9.17) is 0 Å². The highest BCUT2D eigenvalue weighted by Gasteiger charge is 2.19. The predicted octanol–water partition coefficient (Wildman–Crippen LogP) is 2.05. The van der Waals surface area contributed by atoms with Gasteiger partial charge in [-0.25, -0.2) is 9.78 Å². The zero-order valence-corrected chi connectivity index (χ0v) is 18.2. The number of benzene rings is 1. The molecule has 30 heavy (non-hydrogen) atoms. The van der Waals surface area contributed by atoms with Gasteiger partial charge in [-0.3, -0.25) is 23.8 Å². The van der Waals surface area contributed by atoms with E-state index >= 15 is 0 Å². The fourth-order valence-corrected chi connectivity index (χ4v) is 4.22. The summed E-state index contributed by atoms with van der Waals surface area (Å²) in [5, 5.41) is 10.3. The van der Waals surface area contributed by atoms with Crippen LogP contribution in [0.25, 0.3) is 21.3 Å². The standard InChI is InChI=1S/C20H22N6O3S/c1-20(2,3)10-6-7-11-13(8-10)30-18(21-11)22-14(27)9-12-15-16(24-23-12)25(4)19(29)26(5)17(15)28/h6-8H,9H2,1-5H3,(H,23,24)(H,21,22,27). The molecule has 0 aliphatic carbocycles. The Balaban J connectivity index is 1.61. The number of aromatic amines is 1. The Kier molecular flexibility index (Phi) is 4.61. The van der Waals surface area contributed by atoms with E-state index in [9.17, 15) is 14.4 Å². The van der Waals surface area contributed by atoms with Crippen molar-refractivity contribution in [2.24, 2.45) is 14.1 Å². The van der Waals surface area contributed by atoms with Gasteiger partial charge < -0.3 is 5.32 Å². The van der Waals surface area contributed by atoms with E-state index in [1.807, 2.05) is 12.1 Å². The summed E-state index contributed by atoms with van der Waals surface area (Å²) in [6, 6.07) is 6.09. The first-order valence-electron chi connectivity index (χ1n) is 9.40. The minimum absolute atomic E-state index is 0.0234. The van der Waals surface area contributed by atoms with E-state index in [0.29, 0.717) is 10.8 Å². The lowest BCUT2D eigenvalue weighted by molar-refractivity contribution is -0.115. The zero-order chi connectivity index (χ0) is 21.8. The molecule has 0 fully saturated rings. The summed E-state index contributed by atoms with van der Waals surface area (Å²) in [4.78, 5) is 41.6. The van der Waals surface area contributed by atoms with Gasteiger partial charge in [0.25, 0.3) is 5.56 Å². The van der Waals surface area contributed by atoms with E-state index in [-0.39, 0.29) is 28.8 Å². The number of aromatic nitrogens is 5. The van der Waals surface area contributed by atoms with E-state index < -0.39 is 11.2 Å². The zero-order valence-electron chi connectivity index (χ0n) is 17.4. The minimum atomic E-state index is -0.487. The summed E-state index contributed by atoms with van der Waals surface area (Å²) in [5.74, 6) is -0.327. The van der Waals surface area contributed by atoms with Crippen LogP contribution in [0.15, 0.2) is 27.8 Å². The van der Waals surface area contributed by atoms with Crippen molar-refractivity contribution in [2.45, 2.75) is 32.6 Å². The van der Waals surface area contributed by atoms with Crippen molar-refractivity contribution in [3.63, 3.8) is 0 Å². The van der Waals surface area contributed by atoms with Crippen LogP contribution in [0.2, 0.25) is 0 Å². The molecule has 0 radical (unpaired) electrons. The minimum Gasteiger partial charge on any atom is -0.302 e. The second-order valence-corrected chi connectivity index (χ2v) is 9.31. The second-order valence-electron chi connectivity index (χ2n) is 8.28. The Hall–Kier alpha value is -3.27. The number of aryl methyl sites for hydroxylation is 1. The summed E-state index contributed by atoms with van der Waals surface area (Å²) in [6.45, 7) is 6.44. The Morgan fingerprint density at radius 2 is 1.93 bits per heavy atom. The van der Waals surface area contributed by atoms with Crippen LogP contribution in [-0.2, 0) is 30.7 Å². The Labute approximate surface area is 175 Å². The highest BCUT2D eigenvalue weighted by Crippen LogP contribution is 2.31. The van der Waals surface area contributed by atoms with Crippen LogP contribution in [0.3, 0.4) is 0 Å². The number of nitrogens with one attached hydrogen (secondary N) is 2. The highest BCUT2D eigenvalue weighted by atomic mass is 32.1. The average molecular weight is 427 g/mol. The van der Waals surface area contributed by atoms with Gasteiger partial charge >= 0.3 is 5.69 Å². The first-order chi connectivity index (χ1) is 14.1. The molecule has 9 nitrogen and oxygen atoms in total. The first kappa shape index (κ1) is 20.0.